The van der Waals surface area contributed by atoms with Crippen LogP contribution in [0.3, 0.4) is 0 Å². The number of hydrogen-bond acceptors (Lipinski definition) is 5. The zero-order valence-electron chi connectivity index (χ0n) is 12.9. The molecule has 0 aliphatic rings. The molecular formula is C13H22BClN2O4. The predicted molar refractivity (Wildman–Crippen MR) is 84.9 cm³/mol. The summed E-state index contributed by atoms with van der Waals surface area (Å²) in [4.78, 5) is 14.9. The van der Waals surface area contributed by atoms with E-state index in [1.165, 1.54) is 13.1 Å². The molecule has 1 aromatic heterocycles. The van der Waals surface area contributed by atoms with E-state index in [-0.39, 0.29) is 18.3 Å². The highest BCUT2D eigenvalue weighted by atomic mass is 35.5. The standard InChI is InChI=1S/C13H21BN2O4.ClH/c1-9(17)16-11-7-6-10(8-15-11)14(19)20-13(4,5)12(2,3)18;/h6-8,18-19H,1-5H3,(H,15,16,17);1H. The van der Waals surface area contributed by atoms with Gasteiger partial charge in [-0.05, 0) is 33.8 Å². The van der Waals surface area contributed by atoms with Crippen molar-refractivity contribution in [1.29, 1.82) is 0 Å². The van der Waals surface area contributed by atoms with Crippen molar-refractivity contribution in [1.82, 2.24) is 4.98 Å². The Hall–Kier alpha value is -1.15. The van der Waals surface area contributed by atoms with Gasteiger partial charge in [0, 0.05) is 18.6 Å². The van der Waals surface area contributed by atoms with Gasteiger partial charge in [-0.2, -0.15) is 0 Å². The van der Waals surface area contributed by atoms with Gasteiger partial charge in [0.1, 0.15) is 5.82 Å². The summed E-state index contributed by atoms with van der Waals surface area (Å²) in [6.07, 6.45) is 1.41. The number of pyridine rings is 1. The Balaban J connectivity index is 0.00000400. The molecule has 0 unspecified atom stereocenters. The molecule has 0 radical (unpaired) electrons. The average Bonchev–Trinajstić information content (AvgIpc) is 2.26. The fourth-order valence-corrected chi connectivity index (χ4v) is 1.30. The lowest BCUT2D eigenvalue weighted by Gasteiger charge is -2.38. The second-order valence-electron chi connectivity index (χ2n) is 5.70. The van der Waals surface area contributed by atoms with E-state index in [1.54, 1.807) is 39.8 Å². The molecule has 0 fully saturated rings. The number of rotatable bonds is 5. The van der Waals surface area contributed by atoms with E-state index in [1.807, 2.05) is 0 Å². The largest absolute Gasteiger partial charge is 0.493 e. The van der Waals surface area contributed by atoms with Gasteiger partial charge < -0.3 is 20.1 Å². The molecule has 0 atom stereocenters. The Morgan fingerprint density at radius 2 is 1.90 bits per heavy atom. The summed E-state index contributed by atoms with van der Waals surface area (Å²) in [5.74, 6) is 0.181. The molecule has 0 spiro atoms. The van der Waals surface area contributed by atoms with Crippen molar-refractivity contribution in [2.45, 2.75) is 45.8 Å². The Morgan fingerprint density at radius 3 is 2.29 bits per heavy atom. The number of aliphatic hydroxyl groups is 1. The van der Waals surface area contributed by atoms with Crippen LogP contribution in [0.4, 0.5) is 5.82 Å². The van der Waals surface area contributed by atoms with Crippen molar-refractivity contribution in [3.8, 4) is 0 Å². The molecule has 0 saturated heterocycles. The van der Waals surface area contributed by atoms with Crippen LogP contribution in [0.1, 0.15) is 34.6 Å². The van der Waals surface area contributed by atoms with Gasteiger partial charge >= 0.3 is 7.12 Å². The summed E-state index contributed by atoms with van der Waals surface area (Å²) in [5.41, 5.74) is -1.61. The molecule has 0 aliphatic heterocycles. The van der Waals surface area contributed by atoms with E-state index in [9.17, 15) is 14.9 Å². The number of anilines is 1. The molecule has 1 heterocycles. The first-order chi connectivity index (χ1) is 9.03. The van der Waals surface area contributed by atoms with Crippen LogP contribution in [0.2, 0.25) is 0 Å². The van der Waals surface area contributed by atoms with Gasteiger partial charge in [-0.3, -0.25) is 4.79 Å². The third-order valence-corrected chi connectivity index (χ3v) is 3.26. The molecule has 0 bridgehead atoms. The Labute approximate surface area is 131 Å². The number of halogens is 1. The van der Waals surface area contributed by atoms with Crippen LogP contribution in [-0.2, 0) is 9.45 Å². The Bertz CT molecular complexity index is 474. The van der Waals surface area contributed by atoms with E-state index >= 15 is 0 Å². The smallest absolute Gasteiger partial charge is 0.423 e. The van der Waals surface area contributed by atoms with Gasteiger partial charge in [0.05, 0.1) is 11.2 Å². The molecule has 0 saturated carbocycles. The molecule has 3 N–H and O–H groups in total. The molecule has 0 aromatic carbocycles. The molecule has 0 aliphatic carbocycles. The zero-order valence-corrected chi connectivity index (χ0v) is 13.7. The minimum atomic E-state index is -1.21. The Morgan fingerprint density at radius 1 is 1.33 bits per heavy atom. The van der Waals surface area contributed by atoms with Crippen LogP contribution in [0.25, 0.3) is 0 Å². The van der Waals surface area contributed by atoms with Crippen LogP contribution in [0, 0.1) is 0 Å². The van der Waals surface area contributed by atoms with Crippen LogP contribution in [-0.4, -0.2) is 39.3 Å². The minimum Gasteiger partial charge on any atom is -0.423 e. The lowest BCUT2D eigenvalue weighted by atomic mass is 9.77. The van der Waals surface area contributed by atoms with Crippen molar-refractivity contribution in [2.24, 2.45) is 0 Å². The van der Waals surface area contributed by atoms with Crippen LogP contribution < -0.4 is 10.8 Å². The maximum absolute atomic E-state index is 10.9. The highest BCUT2D eigenvalue weighted by Crippen LogP contribution is 2.25. The first kappa shape index (κ1) is 19.9. The fraction of sp³-hybridized carbons (Fsp3) is 0.538. The van der Waals surface area contributed by atoms with Crippen LogP contribution >= 0.6 is 12.4 Å². The number of nitrogens with zero attached hydrogens (tertiary/aromatic N) is 1. The van der Waals surface area contributed by atoms with E-state index in [4.69, 9.17) is 4.65 Å². The molecule has 21 heavy (non-hydrogen) atoms. The van der Waals surface area contributed by atoms with E-state index in [2.05, 4.69) is 10.3 Å². The molecular weight excluding hydrogens is 294 g/mol. The molecule has 1 amide bonds. The van der Waals surface area contributed by atoms with E-state index in [0.717, 1.165) is 0 Å². The number of carbonyl (C=O) groups excluding carboxylic acids is 1. The molecule has 1 rings (SSSR count). The summed E-state index contributed by atoms with van der Waals surface area (Å²) in [7, 11) is -1.21. The van der Waals surface area contributed by atoms with Crippen molar-refractivity contribution < 1.29 is 19.6 Å². The Kier molecular flexibility index (Phi) is 6.83. The van der Waals surface area contributed by atoms with Crippen LogP contribution in [0.15, 0.2) is 18.3 Å². The summed E-state index contributed by atoms with van der Waals surface area (Å²) in [6, 6.07) is 3.17. The van der Waals surface area contributed by atoms with Crippen molar-refractivity contribution in [3.05, 3.63) is 18.3 Å². The third kappa shape index (κ3) is 5.63. The second-order valence-corrected chi connectivity index (χ2v) is 5.70. The van der Waals surface area contributed by atoms with Crippen molar-refractivity contribution in [2.75, 3.05) is 5.32 Å². The van der Waals surface area contributed by atoms with Gasteiger partial charge in [-0.1, -0.05) is 6.07 Å². The van der Waals surface area contributed by atoms with E-state index < -0.39 is 18.3 Å². The van der Waals surface area contributed by atoms with Gasteiger partial charge in [0.2, 0.25) is 5.91 Å². The summed E-state index contributed by atoms with van der Waals surface area (Å²) in [6.45, 7) is 7.99. The van der Waals surface area contributed by atoms with E-state index in [0.29, 0.717) is 11.3 Å². The molecule has 1 aromatic rings. The van der Waals surface area contributed by atoms with Crippen molar-refractivity contribution >= 4 is 36.7 Å². The maximum atomic E-state index is 10.9. The van der Waals surface area contributed by atoms with Crippen molar-refractivity contribution in [3.63, 3.8) is 0 Å². The maximum Gasteiger partial charge on any atom is 0.493 e. The number of carbonyl (C=O) groups is 1. The fourth-order valence-electron chi connectivity index (χ4n) is 1.30. The van der Waals surface area contributed by atoms with Gasteiger partial charge in [0.15, 0.2) is 0 Å². The third-order valence-electron chi connectivity index (χ3n) is 3.26. The first-order valence-electron chi connectivity index (χ1n) is 6.35. The highest BCUT2D eigenvalue weighted by Gasteiger charge is 2.39. The second kappa shape index (κ2) is 7.22. The summed E-state index contributed by atoms with van der Waals surface area (Å²) in [5, 5.41) is 22.5. The minimum absolute atomic E-state index is 0. The number of nitrogens with one attached hydrogen (secondary N) is 1. The van der Waals surface area contributed by atoms with Gasteiger partial charge in [0.25, 0.3) is 0 Å². The van der Waals surface area contributed by atoms with Gasteiger partial charge in [-0.15, -0.1) is 12.4 Å². The number of amides is 1. The summed E-state index contributed by atoms with van der Waals surface area (Å²) >= 11 is 0. The number of hydrogen-bond donors (Lipinski definition) is 3. The SMILES string of the molecule is CC(=O)Nc1ccc(B(O)OC(C)(C)C(C)(C)O)cn1.Cl. The quantitative estimate of drug-likeness (QED) is 0.696. The average molecular weight is 317 g/mol. The van der Waals surface area contributed by atoms with Gasteiger partial charge in [-0.25, -0.2) is 4.98 Å². The lowest BCUT2D eigenvalue weighted by Crippen LogP contribution is -2.53. The molecule has 6 nitrogen and oxygen atoms in total. The number of aromatic nitrogens is 1. The zero-order chi connectivity index (χ0) is 15.6. The molecule has 8 heteroatoms. The monoisotopic (exact) mass is 316 g/mol. The molecule has 118 valence electrons. The normalized spacial score (nSPS) is 11.6. The predicted octanol–water partition coefficient (Wildman–Crippen LogP) is 0.715. The summed E-state index contributed by atoms with van der Waals surface area (Å²) < 4.78 is 5.49. The lowest BCUT2D eigenvalue weighted by molar-refractivity contribution is -0.114. The van der Waals surface area contributed by atoms with Crippen LogP contribution in [0.5, 0.6) is 0 Å². The topological polar surface area (TPSA) is 91.7 Å². The first-order valence-corrected chi connectivity index (χ1v) is 6.35. The highest BCUT2D eigenvalue weighted by molar-refractivity contribution is 6.60.